The molecule has 0 saturated heterocycles. The number of rotatable bonds is 4. The number of aryl methyl sites for hydroxylation is 2. The van der Waals surface area contributed by atoms with Crippen molar-refractivity contribution in [3.05, 3.63) is 46.9 Å². The first-order valence-corrected chi connectivity index (χ1v) is 9.63. The molecule has 0 saturated carbocycles. The summed E-state index contributed by atoms with van der Waals surface area (Å²) >= 11 is 0. The molecule has 0 bridgehead atoms. The van der Waals surface area contributed by atoms with E-state index in [1.54, 1.807) is 0 Å². The summed E-state index contributed by atoms with van der Waals surface area (Å²) in [6.07, 6.45) is 13.1. The average Bonchev–Trinajstić information content (AvgIpc) is 2.99. The second-order valence-electron chi connectivity index (χ2n) is 7.53. The number of allylic oxidation sites excluding steroid dienone is 1. The molecule has 0 aliphatic heterocycles. The third-order valence-corrected chi connectivity index (χ3v) is 5.63. The van der Waals surface area contributed by atoms with Crippen LogP contribution in [-0.2, 0) is 17.6 Å². The minimum atomic E-state index is 0.0778. The number of aromatic nitrogens is 2. The largest absolute Gasteiger partial charge is 0.356 e. The molecule has 0 spiro atoms. The van der Waals surface area contributed by atoms with E-state index < -0.39 is 0 Å². The first kappa shape index (κ1) is 16.4. The minimum absolute atomic E-state index is 0.0778. The smallest absolute Gasteiger partial charge is 0.223 e. The van der Waals surface area contributed by atoms with E-state index in [1.807, 2.05) is 0 Å². The number of fused-ring (bicyclic) bond motifs is 3. The van der Waals surface area contributed by atoms with E-state index >= 15 is 0 Å². The van der Waals surface area contributed by atoms with E-state index in [0.29, 0.717) is 0 Å². The maximum atomic E-state index is 12.6. The summed E-state index contributed by atoms with van der Waals surface area (Å²) in [6.45, 7) is 2.87. The molecular formula is C21H27N3O. The maximum absolute atomic E-state index is 12.6. The zero-order valence-electron chi connectivity index (χ0n) is 15.1. The van der Waals surface area contributed by atoms with E-state index in [0.717, 1.165) is 37.9 Å². The Hall–Kier alpha value is -2.10. The molecule has 2 aromatic rings. The van der Waals surface area contributed by atoms with Gasteiger partial charge in [-0.1, -0.05) is 11.6 Å². The Labute approximate surface area is 149 Å². The Morgan fingerprint density at radius 1 is 1.36 bits per heavy atom. The first-order chi connectivity index (χ1) is 12.2. The van der Waals surface area contributed by atoms with Crippen LogP contribution in [0.2, 0.25) is 0 Å². The average molecular weight is 337 g/mol. The van der Waals surface area contributed by atoms with Gasteiger partial charge >= 0.3 is 0 Å². The van der Waals surface area contributed by atoms with Crippen molar-refractivity contribution in [3.8, 4) is 0 Å². The monoisotopic (exact) mass is 337 g/mol. The standard InChI is InChI=1S/C21H27N3O/c1-15-10-12-24-19-14-17(7-8-18(19)23-20(24)13-15)21(25)22-11-9-16-5-3-2-4-6-16/h5,10,12-13,17H,2-4,6-9,11,14H2,1H3,(H,22,25). The zero-order chi connectivity index (χ0) is 17.2. The fraction of sp³-hybridized carbons (Fsp3) is 0.524. The summed E-state index contributed by atoms with van der Waals surface area (Å²) in [4.78, 5) is 17.4. The predicted molar refractivity (Wildman–Crippen MR) is 99.6 cm³/mol. The van der Waals surface area contributed by atoms with Crippen molar-refractivity contribution in [1.82, 2.24) is 14.7 Å². The number of imidazole rings is 1. The molecule has 25 heavy (non-hydrogen) atoms. The molecule has 1 N–H and O–H groups in total. The van der Waals surface area contributed by atoms with Crippen molar-refractivity contribution in [1.29, 1.82) is 0 Å². The van der Waals surface area contributed by atoms with Gasteiger partial charge in [0.1, 0.15) is 5.65 Å². The van der Waals surface area contributed by atoms with E-state index in [9.17, 15) is 4.79 Å². The summed E-state index contributed by atoms with van der Waals surface area (Å²) in [5.41, 5.74) is 6.14. The molecule has 0 aromatic carbocycles. The lowest BCUT2D eigenvalue weighted by Gasteiger charge is -2.21. The highest BCUT2D eigenvalue weighted by Crippen LogP contribution is 2.27. The molecule has 132 valence electrons. The Bertz CT molecular complexity index is 818. The Balaban J connectivity index is 1.38. The van der Waals surface area contributed by atoms with Crippen LogP contribution >= 0.6 is 0 Å². The Kier molecular flexibility index (Phi) is 4.60. The molecule has 4 heteroatoms. The quantitative estimate of drug-likeness (QED) is 0.864. The SMILES string of the molecule is Cc1ccn2c3c(nc2c1)CCC(C(=O)NCCC1=CCCCC1)C3. The summed E-state index contributed by atoms with van der Waals surface area (Å²) in [5, 5.41) is 3.17. The molecule has 1 amide bonds. The lowest BCUT2D eigenvalue weighted by Crippen LogP contribution is -2.35. The van der Waals surface area contributed by atoms with Crippen molar-refractivity contribution in [2.45, 2.75) is 58.3 Å². The van der Waals surface area contributed by atoms with E-state index in [-0.39, 0.29) is 11.8 Å². The van der Waals surface area contributed by atoms with Crippen LogP contribution in [0.4, 0.5) is 0 Å². The number of hydrogen-bond donors (Lipinski definition) is 1. The molecule has 4 rings (SSSR count). The van der Waals surface area contributed by atoms with Gasteiger partial charge in [-0.15, -0.1) is 0 Å². The molecule has 2 aliphatic carbocycles. The number of nitrogens with zero attached hydrogens (tertiary/aromatic N) is 2. The second-order valence-corrected chi connectivity index (χ2v) is 7.53. The lowest BCUT2D eigenvalue weighted by atomic mass is 9.89. The lowest BCUT2D eigenvalue weighted by molar-refractivity contribution is -0.125. The summed E-state index contributed by atoms with van der Waals surface area (Å²) in [6, 6.07) is 4.22. The van der Waals surface area contributed by atoms with E-state index in [1.165, 1.54) is 48.2 Å². The van der Waals surface area contributed by atoms with Crippen molar-refractivity contribution in [2.75, 3.05) is 6.54 Å². The molecule has 2 heterocycles. The number of pyridine rings is 1. The van der Waals surface area contributed by atoms with Crippen molar-refractivity contribution in [2.24, 2.45) is 5.92 Å². The molecule has 0 fully saturated rings. The van der Waals surface area contributed by atoms with Gasteiger partial charge in [0.05, 0.1) is 5.69 Å². The van der Waals surface area contributed by atoms with Crippen molar-refractivity contribution in [3.63, 3.8) is 0 Å². The van der Waals surface area contributed by atoms with Gasteiger partial charge in [0.25, 0.3) is 0 Å². The highest BCUT2D eigenvalue weighted by Gasteiger charge is 2.27. The van der Waals surface area contributed by atoms with Crippen LogP contribution in [0.3, 0.4) is 0 Å². The van der Waals surface area contributed by atoms with Crippen LogP contribution < -0.4 is 5.32 Å². The third-order valence-electron chi connectivity index (χ3n) is 5.63. The fourth-order valence-electron chi connectivity index (χ4n) is 4.15. The summed E-state index contributed by atoms with van der Waals surface area (Å²) < 4.78 is 2.16. The van der Waals surface area contributed by atoms with Gasteiger partial charge in [-0.25, -0.2) is 4.98 Å². The van der Waals surface area contributed by atoms with Gasteiger partial charge < -0.3 is 9.72 Å². The summed E-state index contributed by atoms with van der Waals surface area (Å²) in [7, 11) is 0. The number of carbonyl (C=O) groups is 1. The Morgan fingerprint density at radius 2 is 2.28 bits per heavy atom. The number of nitrogens with one attached hydrogen (secondary N) is 1. The minimum Gasteiger partial charge on any atom is -0.356 e. The summed E-state index contributed by atoms with van der Waals surface area (Å²) in [5.74, 6) is 0.290. The van der Waals surface area contributed by atoms with E-state index in [4.69, 9.17) is 4.98 Å². The van der Waals surface area contributed by atoms with Gasteiger partial charge in [-0.2, -0.15) is 0 Å². The number of carbonyl (C=O) groups excluding carboxylic acids is 1. The Morgan fingerprint density at radius 3 is 3.12 bits per heavy atom. The van der Waals surface area contributed by atoms with Crippen LogP contribution in [0.5, 0.6) is 0 Å². The normalized spacial score (nSPS) is 20.2. The molecule has 2 aliphatic rings. The predicted octanol–water partition coefficient (Wildman–Crippen LogP) is 3.75. The number of amides is 1. The van der Waals surface area contributed by atoms with Crippen LogP contribution in [-0.4, -0.2) is 21.8 Å². The van der Waals surface area contributed by atoms with Crippen LogP contribution in [0.1, 0.15) is 55.5 Å². The molecule has 1 atom stereocenters. The van der Waals surface area contributed by atoms with Crippen LogP contribution in [0.15, 0.2) is 30.0 Å². The topological polar surface area (TPSA) is 46.4 Å². The first-order valence-electron chi connectivity index (χ1n) is 9.63. The van der Waals surface area contributed by atoms with Crippen molar-refractivity contribution >= 4 is 11.6 Å². The van der Waals surface area contributed by atoms with Gasteiger partial charge in [0, 0.05) is 30.8 Å². The van der Waals surface area contributed by atoms with Gasteiger partial charge in [-0.05, 0) is 69.6 Å². The molecule has 1 unspecified atom stereocenters. The zero-order valence-corrected chi connectivity index (χ0v) is 15.1. The molecule has 0 radical (unpaired) electrons. The van der Waals surface area contributed by atoms with Gasteiger partial charge in [-0.3, -0.25) is 4.79 Å². The number of hydrogen-bond acceptors (Lipinski definition) is 2. The second kappa shape index (κ2) is 7.03. The van der Waals surface area contributed by atoms with Gasteiger partial charge in [0.2, 0.25) is 5.91 Å². The maximum Gasteiger partial charge on any atom is 0.223 e. The van der Waals surface area contributed by atoms with Crippen molar-refractivity contribution < 1.29 is 4.79 Å². The third kappa shape index (κ3) is 3.48. The van der Waals surface area contributed by atoms with Crippen LogP contribution in [0, 0.1) is 12.8 Å². The fourth-order valence-corrected chi connectivity index (χ4v) is 4.15. The highest BCUT2D eigenvalue weighted by molar-refractivity contribution is 5.79. The molecule has 2 aromatic heterocycles. The van der Waals surface area contributed by atoms with E-state index in [2.05, 4.69) is 41.0 Å². The highest BCUT2D eigenvalue weighted by atomic mass is 16.1. The molecular weight excluding hydrogens is 310 g/mol. The van der Waals surface area contributed by atoms with Crippen LogP contribution in [0.25, 0.3) is 5.65 Å². The molecule has 4 nitrogen and oxygen atoms in total. The van der Waals surface area contributed by atoms with Gasteiger partial charge in [0.15, 0.2) is 0 Å².